The van der Waals surface area contributed by atoms with Crippen LogP contribution in [0.15, 0.2) is 18.2 Å². The molecule has 0 radical (unpaired) electrons. The maximum absolute atomic E-state index is 6.01. The van der Waals surface area contributed by atoms with E-state index in [-0.39, 0.29) is 12.4 Å². The van der Waals surface area contributed by atoms with Crippen molar-refractivity contribution in [3.63, 3.8) is 0 Å². The number of rotatable bonds is 3. The van der Waals surface area contributed by atoms with Crippen molar-refractivity contribution >= 4 is 24.0 Å². The third-order valence-corrected chi connectivity index (χ3v) is 3.14. The number of nitrogens with one attached hydrogen (secondary N) is 1. The second-order valence-corrected chi connectivity index (χ2v) is 5.01. The minimum atomic E-state index is 0. The summed E-state index contributed by atoms with van der Waals surface area (Å²) in [6, 6.07) is 5.88. The Morgan fingerprint density at radius 1 is 1.41 bits per heavy atom. The van der Waals surface area contributed by atoms with Gasteiger partial charge in [0, 0.05) is 11.6 Å². The zero-order valence-electron chi connectivity index (χ0n) is 10.2. The van der Waals surface area contributed by atoms with Gasteiger partial charge in [-0.3, -0.25) is 0 Å². The summed E-state index contributed by atoms with van der Waals surface area (Å²) in [4.78, 5) is 0. The Labute approximate surface area is 114 Å². The summed E-state index contributed by atoms with van der Waals surface area (Å²) in [5.41, 5.74) is 1.19. The molecular formula is C13H19Cl2NO. The van der Waals surface area contributed by atoms with Gasteiger partial charge in [-0.25, -0.2) is 0 Å². The van der Waals surface area contributed by atoms with E-state index >= 15 is 0 Å². The van der Waals surface area contributed by atoms with Gasteiger partial charge in [-0.05, 0) is 42.6 Å². The van der Waals surface area contributed by atoms with Gasteiger partial charge in [0.1, 0.15) is 11.9 Å². The molecule has 1 fully saturated rings. The van der Waals surface area contributed by atoms with E-state index in [9.17, 15) is 0 Å². The molecule has 1 aromatic rings. The molecule has 4 heteroatoms. The molecule has 0 aliphatic carbocycles. The maximum atomic E-state index is 6.01. The fraction of sp³-hybridized carbons (Fsp3) is 0.538. The van der Waals surface area contributed by atoms with Crippen LogP contribution in [0.1, 0.15) is 31.7 Å². The van der Waals surface area contributed by atoms with Crippen LogP contribution in [0.4, 0.5) is 0 Å². The lowest BCUT2D eigenvalue weighted by Gasteiger charge is -2.18. The third-order valence-electron chi connectivity index (χ3n) is 2.90. The maximum Gasteiger partial charge on any atom is 0.123 e. The molecule has 0 saturated carbocycles. The van der Waals surface area contributed by atoms with Crippen molar-refractivity contribution in [3.05, 3.63) is 28.8 Å². The van der Waals surface area contributed by atoms with Crippen LogP contribution >= 0.6 is 24.0 Å². The lowest BCUT2D eigenvalue weighted by atomic mass is 10.0. The molecule has 1 aromatic carbocycles. The largest absolute Gasteiger partial charge is 0.489 e. The number of hydrogen-bond acceptors (Lipinski definition) is 2. The smallest absolute Gasteiger partial charge is 0.123 e. The standard InChI is InChI=1S/C13H18ClNO.ClH/c1-9(2)12-7-10(14)3-4-13(12)16-11-5-6-15-8-11;/h3-4,7,9,11,15H,5-6,8H2,1-2H3;1H. The molecule has 0 spiro atoms. The molecule has 1 unspecified atom stereocenters. The first-order valence-corrected chi connectivity index (χ1v) is 6.21. The summed E-state index contributed by atoms with van der Waals surface area (Å²) in [5.74, 6) is 1.41. The van der Waals surface area contributed by atoms with Gasteiger partial charge in [-0.1, -0.05) is 25.4 Å². The van der Waals surface area contributed by atoms with Gasteiger partial charge in [0.25, 0.3) is 0 Å². The molecule has 2 nitrogen and oxygen atoms in total. The Morgan fingerprint density at radius 2 is 2.18 bits per heavy atom. The molecule has 1 atom stereocenters. The quantitative estimate of drug-likeness (QED) is 0.910. The van der Waals surface area contributed by atoms with Crippen LogP contribution in [0.25, 0.3) is 0 Å². The number of ether oxygens (including phenoxy) is 1. The van der Waals surface area contributed by atoms with Gasteiger partial charge in [0.05, 0.1) is 0 Å². The molecule has 0 bridgehead atoms. The van der Waals surface area contributed by atoms with E-state index < -0.39 is 0 Å². The highest BCUT2D eigenvalue weighted by Gasteiger charge is 2.18. The van der Waals surface area contributed by atoms with Crippen LogP contribution in [0, 0.1) is 0 Å². The summed E-state index contributed by atoms with van der Waals surface area (Å²) < 4.78 is 6.00. The summed E-state index contributed by atoms with van der Waals surface area (Å²) >= 11 is 6.01. The zero-order chi connectivity index (χ0) is 11.5. The number of halogens is 2. The molecule has 0 amide bonds. The van der Waals surface area contributed by atoms with Crippen molar-refractivity contribution in [2.45, 2.75) is 32.3 Å². The molecule has 1 aliphatic rings. The summed E-state index contributed by atoms with van der Waals surface area (Å²) in [5, 5.41) is 4.08. The van der Waals surface area contributed by atoms with E-state index in [0.717, 1.165) is 30.3 Å². The first-order valence-electron chi connectivity index (χ1n) is 5.83. The minimum absolute atomic E-state index is 0. The van der Waals surface area contributed by atoms with Crippen LogP contribution < -0.4 is 10.1 Å². The van der Waals surface area contributed by atoms with Gasteiger partial charge >= 0.3 is 0 Å². The molecule has 17 heavy (non-hydrogen) atoms. The molecule has 96 valence electrons. The molecule has 1 saturated heterocycles. The van der Waals surface area contributed by atoms with Gasteiger partial charge < -0.3 is 10.1 Å². The van der Waals surface area contributed by atoms with Gasteiger partial charge in [-0.2, -0.15) is 0 Å². The zero-order valence-corrected chi connectivity index (χ0v) is 11.8. The summed E-state index contributed by atoms with van der Waals surface area (Å²) in [7, 11) is 0. The van der Waals surface area contributed by atoms with Crippen LogP contribution in [0.3, 0.4) is 0 Å². The fourth-order valence-corrected chi connectivity index (χ4v) is 2.17. The number of benzene rings is 1. The van der Waals surface area contributed by atoms with E-state index in [1.165, 1.54) is 5.56 Å². The molecule has 1 heterocycles. The van der Waals surface area contributed by atoms with Gasteiger partial charge in [0.2, 0.25) is 0 Å². The van der Waals surface area contributed by atoms with Crippen molar-refractivity contribution in [3.8, 4) is 5.75 Å². The fourth-order valence-electron chi connectivity index (χ4n) is 1.99. The van der Waals surface area contributed by atoms with Crippen molar-refractivity contribution < 1.29 is 4.74 Å². The monoisotopic (exact) mass is 275 g/mol. The molecule has 1 aliphatic heterocycles. The van der Waals surface area contributed by atoms with E-state index in [1.54, 1.807) is 0 Å². The highest BCUT2D eigenvalue weighted by atomic mass is 35.5. The van der Waals surface area contributed by atoms with Crippen LogP contribution in [-0.2, 0) is 0 Å². The Hall–Kier alpha value is -0.440. The first-order chi connectivity index (χ1) is 7.66. The lowest BCUT2D eigenvalue weighted by molar-refractivity contribution is 0.220. The minimum Gasteiger partial charge on any atom is -0.489 e. The number of hydrogen-bond donors (Lipinski definition) is 1. The predicted octanol–water partition coefficient (Wildman–Crippen LogP) is 3.63. The Bertz CT molecular complexity index is 362. The van der Waals surface area contributed by atoms with Crippen LogP contribution in [-0.4, -0.2) is 19.2 Å². The van der Waals surface area contributed by atoms with Crippen LogP contribution in [0.5, 0.6) is 5.75 Å². The molecule has 0 aromatic heterocycles. The van der Waals surface area contributed by atoms with Crippen molar-refractivity contribution in [1.82, 2.24) is 5.32 Å². The van der Waals surface area contributed by atoms with E-state index in [0.29, 0.717) is 12.0 Å². The molecule has 2 rings (SSSR count). The highest BCUT2D eigenvalue weighted by Crippen LogP contribution is 2.30. The molecular weight excluding hydrogens is 257 g/mol. The highest BCUT2D eigenvalue weighted by molar-refractivity contribution is 6.30. The normalized spacial score (nSPS) is 19.2. The first kappa shape index (κ1) is 14.6. The lowest BCUT2D eigenvalue weighted by Crippen LogP contribution is -2.20. The van der Waals surface area contributed by atoms with Crippen molar-refractivity contribution in [1.29, 1.82) is 0 Å². The van der Waals surface area contributed by atoms with Crippen molar-refractivity contribution in [2.24, 2.45) is 0 Å². The summed E-state index contributed by atoms with van der Waals surface area (Å²) in [6.07, 6.45) is 1.39. The topological polar surface area (TPSA) is 21.3 Å². The Morgan fingerprint density at radius 3 is 2.76 bits per heavy atom. The van der Waals surface area contributed by atoms with E-state index in [2.05, 4.69) is 19.2 Å². The van der Waals surface area contributed by atoms with E-state index in [1.807, 2.05) is 18.2 Å². The molecule has 1 N–H and O–H groups in total. The third kappa shape index (κ3) is 3.77. The summed E-state index contributed by atoms with van der Waals surface area (Å²) in [6.45, 7) is 6.31. The van der Waals surface area contributed by atoms with Crippen LogP contribution in [0.2, 0.25) is 5.02 Å². The second kappa shape index (κ2) is 6.48. The Balaban J connectivity index is 0.00000144. The second-order valence-electron chi connectivity index (χ2n) is 4.57. The average molecular weight is 276 g/mol. The van der Waals surface area contributed by atoms with Crippen molar-refractivity contribution in [2.75, 3.05) is 13.1 Å². The van der Waals surface area contributed by atoms with Gasteiger partial charge in [0.15, 0.2) is 0 Å². The predicted molar refractivity (Wildman–Crippen MR) is 74.7 cm³/mol. The SMILES string of the molecule is CC(C)c1cc(Cl)ccc1OC1CCNC1.Cl. The Kier molecular flexibility index (Phi) is 5.57. The van der Waals surface area contributed by atoms with Gasteiger partial charge in [-0.15, -0.1) is 12.4 Å². The average Bonchev–Trinajstić information content (AvgIpc) is 2.73. The van der Waals surface area contributed by atoms with E-state index in [4.69, 9.17) is 16.3 Å².